The van der Waals surface area contributed by atoms with Crippen LogP contribution in [-0.2, 0) is 23.2 Å². The van der Waals surface area contributed by atoms with Gasteiger partial charge in [-0.05, 0) is 17.5 Å². The first-order valence-corrected chi connectivity index (χ1v) is 7.38. The third-order valence-electron chi connectivity index (χ3n) is 2.47. The van der Waals surface area contributed by atoms with Crippen LogP contribution in [0.25, 0.3) is 0 Å². The number of aliphatic hydroxyl groups is 1. The molecular formula is C12H19NO3S. The van der Waals surface area contributed by atoms with Gasteiger partial charge in [0.15, 0.2) is 0 Å². The van der Waals surface area contributed by atoms with E-state index in [1.807, 2.05) is 19.1 Å². The molecule has 0 aliphatic heterocycles. The predicted molar refractivity (Wildman–Crippen MR) is 67.9 cm³/mol. The van der Waals surface area contributed by atoms with Crippen LogP contribution in [0.3, 0.4) is 0 Å². The second kappa shape index (κ2) is 6.74. The van der Waals surface area contributed by atoms with Crippen molar-refractivity contribution in [2.45, 2.75) is 32.9 Å². The van der Waals surface area contributed by atoms with Crippen molar-refractivity contribution in [1.82, 2.24) is 4.72 Å². The highest BCUT2D eigenvalue weighted by molar-refractivity contribution is 7.89. The smallest absolute Gasteiger partial charge is 0.211 e. The first-order valence-electron chi connectivity index (χ1n) is 5.73. The average molecular weight is 257 g/mol. The van der Waals surface area contributed by atoms with Gasteiger partial charge in [0.1, 0.15) is 0 Å². The van der Waals surface area contributed by atoms with Gasteiger partial charge in [0.05, 0.1) is 12.4 Å². The van der Waals surface area contributed by atoms with E-state index in [0.29, 0.717) is 13.0 Å². The highest BCUT2D eigenvalue weighted by atomic mass is 32.2. The fourth-order valence-corrected chi connectivity index (χ4v) is 2.56. The fraction of sp³-hybridized carbons (Fsp3) is 0.500. The summed E-state index contributed by atoms with van der Waals surface area (Å²) in [5.74, 6) is 0.179. The molecule has 2 N–H and O–H groups in total. The van der Waals surface area contributed by atoms with Gasteiger partial charge in [0, 0.05) is 6.54 Å². The van der Waals surface area contributed by atoms with Crippen molar-refractivity contribution in [2.75, 3.05) is 5.75 Å². The van der Waals surface area contributed by atoms with Crippen molar-refractivity contribution in [3.63, 3.8) is 0 Å². The van der Waals surface area contributed by atoms with Crippen LogP contribution >= 0.6 is 0 Å². The summed E-state index contributed by atoms with van der Waals surface area (Å²) in [5, 5.41) is 8.87. The summed E-state index contributed by atoms with van der Waals surface area (Å²) in [4.78, 5) is 0. The van der Waals surface area contributed by atoms with Crippen LogP contribution < -0.4 is 4.72 Å². The zero-order chi connectivity index (χ0) is 12.7. The van der Waals surface area contributed by atoms with Gasteiger partial charge < -0.3 is 5.11 Å². The standard InChI is InChI=1S/C12H19NO3S/c1-2-3-8-17(15,16)13-9-11-4-6-12(10-14)7-5-11/h4-7,13-14H,2-3,8-10H2,1H3. The lowest BCUT2D eigenvalue weighted by molar-refractivity contribution is 0.282. The Hall–Kier alpha value is -0.910. The second-order valence-electron chi connectivity index (χ2n) is 3.97. The van der Waals surface area contributed by atoms with Gasteiger partial charge in [-0.3, -0.25) is 0 Å². The predicted octanol–water partition coefficient (Wildman–Crippen LogP) is 1.40. The number of rotatable bonds is 7. The molecule has 1 rings (SSSR count). The number of hydrogen-bond acceptors (Lipinski definition) is 3. The van der Waals surface area contributed by atoms with Gasteiger partial charge in [-0.2, -0.15) is 0 Å². The molecule has 0 unspecified atom stereocenters. The van der Waals surface area contributed by atoms with Gasteiger partial charge in [-0.1, -0.05) is 37.6 Å². The van der Waals surface area contributed by atoms with Crippen molar-refractivity contribution in [3.8, 4) is 0 Å². The molecule has 0 atom stereocenters. The molecule has 0 aromatic heterocycles. The van der Waals surface area contributed by atoms with Crippen molar-refractivity contribution < 1.29 is 13.5 Å². The lowest BCUT2D eigenvalue weighted by atomic mass is 10.1. The second-order valence-corrected chi connectivity index (χ2v) is 5.89. The SMILES string of the molecule is CCCCS(=O)(=O)NCc1ccc(CO)cc1. The number of unbranched alkanes of at least 4 members (excludes halogenated alkanes) is 1. The average Bonchev–Trinajstić information content (AvgIpc) is 2.35. The Labute approximate surface area is 103 Å². The van der Waals surface area contributed by atoms with Gasteiger partial charge in [0.25, 0.3) is 0 Å². The minimum atomic E-state index is -3.16. The molecule has 5 heteroatoms. The Bertz CT molecular complexity index is 426. The number of aliphatic hydroxyl groups excluding tert-OH is 1. The zero-order valence-electron chi connectivity index (χ0n) is 10.0. The third-order valence-corrected chi connectivity index (χ3v) is 3.88. The van der Waals surface area contributed by atoms with Crippen molar-refractivity contribution in [2.24, 2.45) is 0 Å². The van der Waals surface area contributed by atoms with Crippen molar-refractivity contribution in [3.05, 3.63) is 35.4 Å². The molecule has 1 aromatic rings. The number of sulfonamides is 1. The van der Waals surface area contributed by atoms with Gasteiger partial charge in [0.2, 0.25) is 10.0 Å². The Morgan fingerprint density at radius 2 is 1.76 bits per heavy atom. The summed E-state index contributed by atoms with van der Waals surface area (Å²) in [6.07, 6.45) is 1.55. The minimum absolute atomic E-state index is 0.00249. The Morgan fingerprint density at radius 1 is 1.18 bits per heavy atom. The normalized spacial score (nSPS) is 11.6. The maximum absolute atomic E-state index is 11.5. The zero-order valence-corrected chi connectivity index (χ0v) is 10.8. The maximum atomic E-state index is 11.5. The van der Waals surface area contributed by atoms with Gasteiger partial charge in [-0.25, -0.2) is 13.1 Å². The molecule has 0 fully saturated rings. The summed E-state index contributed by atoms with van der Waals surface area (Å²) < 4.78 is 25.6. The molecule has 0 bridgehead atoms. The van der Waals surface area contributed by atoms with E-state index in [9.17, 15) is 8.42 Å². The van der Waals surface area contributed by atoms with Crippen molar-refractivity contribution >= 4 is 10.0 Å². The summed E-state index contributed by atoms with van der Waals surface area (Å²) in [7, 11) is -3.16. The number of hydrogen-bond donors (Lipinski definition) is 2. The molecule has 0 heterocycles. The number of benzene rings is 1. The molecule has 4 nitrogen and oxygen atoms in total. The first-order chi connectivity index (χ1) is 8.07. The van der Waals surface area contributed by atoms with E-state index in [1.165, 1.54) is 0 Å². The van der Waals surface area contributed by atoms with Gasteiger partial charge >= 0.3 is 0 Å². The molecule has 0 saturated heterocycles. The minimum Gasteiger partial charge on any atom is -0.392 e. The molecule has 0 saturated carbocycles. The lowest BCUT2D eigenvalue weighted by Crippen LogP contribution is -2.25. The quantitative estimate of drug-likeness (QED) is 0.776. The van der Waals surface area contributed by atoms with E-state index >= 15 is 0 Å². The fourth-order valence-electron chi connectivity index (χ4n) is 1.36. The highest BCUT2D eigenvalue weighted by Crippen LogP contribution is 2.05. The van der Waals surface area contributed by atoms with E-state index in [4.69, 9.17) is 5.11 Å². The Morgan fingerprint density at radius 3 is 2.29 bits per heavy atom. The van der Waals surface area contributed by atoms with Crippen LogP contribution in [0.5, 0.6) is 0 Å². The van der Waals surface area contributed by atoms with E-state index in [1.54, 1.807) is 12.1 Å². The number of nitrogens with one attached hydrogen (secondary N) is 1. The third kappa shape index (κ3) is 5.30. The molecule has 0 radical (unpaired) electrons. The molecule has 0 spiro atoms. The van der Waals surface area contributed by atoms with Crippen LogP contribution in [0.4, 0.5) is 0 Å². The monoisotopic (exact) mass is 257 g/mol. The molecule has 0 aliphatic rings. The van der Waals surface area contributed by atoms with Crippen LogP contribution in [0.1, 0.15) is 30.9 Å². The maximum Gasteiger partial charge on any atom is 0.211 e. The van der Waals surface area contributed by atoms with Crippen molar-refractivity contribution in [1.29, 1.82) is 0 Å². The Balaban J connectivity index is 2.49. The molecular weight excluding hydrogens is 238 g/mol. The van der Waals surface area contributed by atoms with Crippen LogP contribution in [0.2, 0.25) is 0 Å². The Kier molecular flexibility index (Phi) is 5.61. The van der Waals surface area contributed by atoms with E-state index in [2.05, 4.69) is 4.72 Å². The highest BCUT2D eigenvalue weighted by Gasteiger charge is 2.08. The molecule has 0 aliphatic carbocycles. The van der Waals surface area contributed by atoms with Crippen LogP contribution in [-0.4, -0.2) is 19.3 Å². The molecule has 1 aromatic carbocycles. The van der Waals surface area contributed by atoms with E-state index in [-0.39, 0.29) is 12.4 Å². The van der Waals surface area contributed by atoms with E-state index < -0.39 is 10.0 Å². The summed E-state index contributed by atoms with van der Waals surface area (Å²) in [6.45, 7) is 2.27. The van der Waals surface area contributed by atoms with Crippen LogP contribution in [0.15, 0.2) is 24.3 Å². The molecule has 0 amide bonds. The molecule has 96 valence electrons. The lowest BCUT2D eigenvalue weighted by Gasteiger charge is -2.06. The topological polar surface area (TPSA) is 66.4 Å². The largest absolute Gasteiger partial charge is 0.392 e. The summed E-state index contributed by atoms with van der Waals surface area (Å²) in [5.41, 5.74) is 1.71. The van der Waals surface area contributed by atoms with Gasteiger partial charge in [-0.15, -0.1) is 0 Å². The summed E-state index contributed by atoms with van der Waals surface area (Å²) in [6, 6.07) is 7.20. The summed E-state index contributed by atoms with van der Waals surface area (Å²) >= 11 is 0. The van der Waals surface area contributed by atoms with E-state index in [0.717, 1.165) is 17.5 Å². The first kappa shape index (κ1) is 14.2. The molecule has 17 heavy (non-hydrogen) atoms. The van der Waals surface area contributed by atoms with Crippen LogP contribution in [0, 0.1) is 0 Å².